The molecule has 2 aromatic carbocycles. The first-order valence-electron chi connectivity index (χ1n) is 11.7. The van der Waals surface area contributed by atoms with Crippen LogP contribution < -0.4 is 9.47 Å². The van der Waals surface area contributed by atoms with Gasteiger partial charge >= 0.3 is 0 Å². The summed E-state index contributed by atoms with van der Waals surface area (Å²) in [5, 5.41) is 0. The van der Waals surface area contributed by atoms with E-state index >= 15 is 0 Å². The average molecular weight is 504 g/mol. The van der Waals surface area contributed by atoms with Crippen LogP contribution in [0.3, 0.4) is 0 Å². The van der Waals surface area contributed by atoms with Crippen molar-refractivity contribution in [2.75, 3.05) is 66.7 Å². The van der Waals surface area contributed by atoms with Gasteiger partial charge < -0.3 is 19.1 Å². The fourth-order valence-electron chi connectivity index (χ4n) is 4.45. The number of hydrogen-bond donors (Lipinski definition) is 0. The van der Waals surface area contributed by atoms with Gasteiger partial charge in [-0.25, -0.2) is 8.42 Å². The molecule has 2 heterocycles. The van der Waals surface area contributed by atoms with Gasteiger partial charge in [-0.2, -0.15) is 4.31 Å². The minimum absolute atomic E-state index is 0.139. The first-order valence-corrected chi connectivity index (χ1v) is 13.2. The molecule has 2 aliphatic rings. The zero-order valence-corrected chi connectivity index (χ0v) is 21.3. The van der Waals surface area contributed by atoms with Crippen molar-refractivity contribution in [3.05, 3.63) is 53.1 Å². The second-order valence-electron chi connectivity index (χ2n) is 8.74. The molecule has 0 radical (unpaired) electrons. The third-order valence-electron chi connectivity index (χ3n) is 6.59. The largest absolute Gasteiger partial charge is 0.497 e. The van der Waals surface area contributed by atoms with Gasteiger partial charge in [0.05, 0.1) is 32.3 Å². The van der Waals surface area contributed by atoms with E-state index in [0.717, 1.165) is 22.6 Å². The lowest BCUT2D eigenvalue weighted by Gasteiger charge is -2.35. The van der Waals surface area contributed by atoms with Crippen molar-refractivity contribution in [2.45, 2.75) is 18.4 Å². The molecule has 0 N–H and O–H groups in total. The van der Waals surface area contributed by atoms with Crippen LogP contribution in [-0.4, -0.2) is 95.1 Å². The van der Waals surface area contributed by atoms with Crippen LogP contribution in [0, 0.1) is 6.92 Å². The van der Waals surface area contributed by atoms with Crippen molar-refractivity contribution in [3.8, 4) is 11.5 Å². The number of nitrogens with zero attached hydrogens (tertiary/aromatic N) is 3. The summed E-state index contributed by atoms with van der Waals surface area (Å²) in [5.41, 5.74) is 2.23. The van der Waals surface area contributed by atoms with Crippen LogP contribution in [0.4, 0.5) is 0 Å². The van der Waals surface area contributed by atoms with E-state index in [1.54, 1.807) is 31.3 Å². The molecule has 0 aliphatic carbocycles. The molecule has 35 heavy (non-hydrogen) atoms. The number of sulfonamides is 1. The standard InChI is InChI=1S/C25H33N3O6S/c1-19-4-6-22(35(30,31)28-12-14-34-15-13-28)17-23(19)25(29)27-10-8-26(9-11-27)18-20-16-21(32-2)5-7-24(20)33-3/h4-7,16-17H,8-15,18H2,1-3H3. The first kappa shape index (κ1) is 25.4. The lowest BCUT2D eigenvalue weighted by atomic mass is 10.1. The van der Waals surface area contributed by atoms with Gasteiger partial charge in [0, 0.05) is 56.9 Å². The number of rotatable bonds is 7. The quantitative estimate of drug-likeness (QED) is 0.571. The monoisotopic (exact) mass is 503 g/mol. The van der Waals surface area contributed by atoms with E-state index in [4.69, 9.17) is 14.2 Å². The van der Waals surface area contributed by atoms with Crippen LogP contribution >= 0.6 is 0 Å². The molecular weight excluding hydrogens is 470 g/mol. The van der Waals surface area contributed by atoms with Gasteiger partial charge in [-0.15, -0.1) is 0 Å². The van der Waals surface area contributed by atoms with Gasteiger partial charge in [-0.05, 0) is 42.8 Å². The molecule has 0 saturated carbocycles. The second kappa shape index (κ2) is 10.9. The van der Waals surface area contributed by atoms with E-state index in [-0.39, 0.29) is 10.8 Å². The summed E-state index contributed by atoms with van der Waals surface area (Å²) in [7, 11) is -0.381. The van der Waals surface area contributed by atoms with Crippen molar-refractivity contribution in [3.63, 3.8) is 0 Å². The summed E-state index contributed by atoms with van der Waals surface area (Å²) >= 11 is 0. The molecule has 0 unspecified atom stereocenters. The van der Waals surface area contributed by atoms with Crippen LogP contribution in [0.1, 0.15) is 21.5 Å². The summed E-state index contributed by atoms with van der Waals surface area (Å²) in [6.45, 7) is 6.45. The molecule has 190 valence electrons. The fourth-order valence-corrected chi connectivity index (χ4v) is 5.89. The van der Waals surface area contributed by atoms with Crippen molar-refractivity contribution >= 4 is 15.9 Å². The van der Waals surface area contributed by atoms with Gasteiger partial charge in [0.15, 0.2) is 0 Å². The SMILES string of the molecule is COc1ccc(OC)c(CN2CCN(C(=O)c3cc(S(=O)(=O)N4CCOCC4)ccc3C)CC2)c1. The Balaban J connectivity index is 1.44. The third kappa shape index (κ3) is 5.61. The molecule has 0 atom stereocenters. The van der Waals surface area contributed by atoms with Gasteiger partial charge in [0.25, 0.3) is 5.91 Å². The van der Waals surface area contributed by atoms with E-state index in [9.17, 15) is 13.2 Å². The molecule has 10 heteroatoms. The maximum atomic E-state index is 13.4. The number of methoxy groups -OCH3 is 2. The smallest absolute Gasteiger partial charge is 0.254 e. The summed E-state index contributed by atoms with van der Waals surface area (Å²) in [4.78, 5) is 17.6. The number of benzene rings is 2. The average Bonchev–Trinajstić information content (AvgIpc) is 2.89. The molecule has 2 aliphatic heterocycles. The third-order valence-corrected chi connectivity index (χ3v) is 8.48. The highest BCUT2D eigenvalue weighted by molar-refractivity contribution is 7.89. The van der Waals surface area contributed by atoms with Gasteiger partial charge in [-0.1, -0.05) is 6.07 Å². The molecule has 0 aromatic heterocycles. The zero-order chi connectivity index (χ0) is 25.0. The number of carbonyl (C=O) groups is 1. The Morgan fingerprint density at radius 1 is 0.943 bits per heavy atom. The van der Waals surface area contributed by atoms with E-state index in [2.05, 4.69) is 4.90 Å². The van der Waals surface area contributed by atoms with Crippen molar-refractivity contribution in [1.82, 2.24) is 14.1 Å². The minimum Gasteiger partial charge on any atom is -0.497 e. The van der Waals surface area contributed by atoms with Crippen LogP contribution in [-0.2, 0) is 21.3 Å². The zero-order valence-electron chi connectivity index (χ0n) is 20.5. The number of hydrogen-bond acceptors (Lipinski definition) is 7. The second-order valence-corrected chi connectivity index (χ2v) is 10.7. The Hall–Kier alpha value is -2.66. The van der Waals surface area contributed by atoms with Gasteiger partial charge in [-0.3, -0.25) is 9.69 Å². The Morgan fingerprint density at radius 2 is 1.66 bits per heavy atom. The minimum atomic E-state index is -3.67. The van der Waals surface area contributed by atoms with Crippen LogP contribution in [0.25, 0.3) is 0 Å². The fraction of sp³-hybridized carbons (Fsp3) is 0.480. The predicted molar refractivity (Wildman–Crippen MR) is 131 cm³/mol. The molecule has 0 spiro atoms. The molecule has 2 fully saturated rings. The van der Waals surface area contributed by atoms with Gasteiger partial charge in [0.2, 0.25) is 10.0 Å². The molecule has 0 bridgehead atoms. The molecule has 2 saturated heterocycles. The highest BCUT2D eigenvalue weighted by Crippen LogP contribution is 2.26. The van der Waals surface area contributed by atoms with Crippen LogP contribution in [0.15, 0.2) is 41.3 Å². The summed E-state index contributed by atoms with van der Waals surface area (Å²) < 4.78 is 43.7. The molecule has 2 aromatic rings. The maximum absolute atomic E-state index is 13.4. The Labute approximate surface area is 207 Å². The normalized spacial score (nSPS) is 17.9. The molecule has 1 amide bonds. The van der Waals surface area contributed by atoms with Crippen molar-refractivity contribution in [2.24, 2.45) is 0 Å². The number of morpholine rings is 1. The molecular formula is C25H33N3O6S. The maximum Gasteiger partial charge on any atom is 0.254 e. The van der Waals surface area contributed by atoms with E-state index < -0.39 is 10.0 Å². The lowest BCUT2D eigenvalue weighted by Crippen LogP contribution is -2.48. The highest BCUT2D eigenvalue weighted by Gasteiger charge is 2.29. The van der Waals surface area contributed by atoms with E-state index in [1.165, 1.54) is 10.4 Å². The Bertz CT molecular complexity index is 1160. The van der Waals surface area contributed by atoms with Crippen LogP contribution in [0.2, 0.25) is 0 Å². The number of carbonyl (C=O) groups excluding carboxylic acids is 1. The number of ether oxygens (including phenoxy) is 3. The first-order chi connectivity index (χ1) is 16.8. The number of amides is 1. The molecule has 9 nitrogen and oxygen atoms in total. The highest BCUT2D eigenvalue weighted by atomic mass is 32.2. The predicted octanol–water partition coefficient (Wildman–Crippen LogP) is 1.99. The van der Waals surface area contributed by atoms with Crippen molar-refractivity contribution in [1.29, 1.82) is 0 Å². The summed E-state index contributed by atoms with van der Waals surface area (Å²) in [6.07, 6.45) is 0. The Kier molecular flexibility index (Phi) is 7.95. The lowest BCUT2D eigenvalue weighted by molar-refractivity contribution is 0.0626. The topological polar surface area (TPSA) is 88.6 Å². The van der Waals surface area contributed by atoms with E-state index in [0.29, 0.717) is 64.6 Å². The van der Waals surface area contributed by atoms with Crippen LogP contribution in [0.5, 0.6) is 11.5 Å². The number of piperazine rings is 1. The van der Waals surface area contributed by atoms with E-state index in [1.807, 2.05) is 25.1 Å². The Morgan fingerprint density at radius 3 is 2.31 bits per heavy atom. The number of aryl methyl sites for hydroxylation is 1. The summed E-state index contributed by atoms with van der Waals surface area (Å²) in [5.74, 6) is 1.44. The summed E-state index contributed by atoms with van der Waals surface area (Å²) in [6, 6.07) is 10.6. The molecule has 4 rings (SSSR count). The van der Waals surface area contributed by atoms with Gasteiger partial charge in [0.1, 0.15) is 11.5 Å². The van der Waals surface area contributed by atoms with Crippen molar-refractivity contribution < 1.29 is 27.4 Å².